The first-order chi connectivity index (χ1) is 8.18. The third-order valence-electron chi connectivity index (χ3n) is 2.05. The highest BCUT2D eigenvalue weighted by Gasteiger charge is 2.10. The fraction of sp³-hybridized carbons (Fsp3) is 0.0909. The minimum atomic E-state index is -0.251. The van der Waals surface area contributed by atoms with E-state index < -0.39 is 0 Å². The van der Waals surface area contributed by atoms with Crippen molar-refractivity contribution in [3.8, 4) is 5.75 Å². The second kappa shape index (κ2) is 5.21. The summed E-state index contributed by atoms with van der Waals surface area (Å²) in [7, 11) is 0. The number of carbonyl (C=O) groups excluding carboxylic acids is 1. The first-order valence-corrected chi connectivity index (χ1v) is 5.52. The fourth-order valence-corrected chi connectivity index (χ4v) is 1.74. The molecule has 0 bridgehead atoms. The second-order valence-corrected chi connectivity index (χ2v) is 4.02. The van der Waals surface area contributed by atoms with Crippen molar-refractivity contribution in [1.29, 1.82) is 0 Å². The standard InChI is InChI=1S/C11H8Cl2N2O2/c12-8-2-1-3-9(13)11(8)17-6-10(16)15-5-4-14-7-15/h1-5,7H,6H2. The minimum Gasteiger partial charge on any atom is -0.481 e. The summed E-state index contributed by atoms with van der Waals surface area (Å²) in [6.45, 7) is -0.153. The number of carbonyl (C=O) groups is 1. The van der Waals surface area contributed by atoms with Gasteiger partial charge in [0.15, 0.2) is 12.4 Å². The molecule has 0 saturated carbocycles. The molecule has 17 heavy (non-hydrogen) atoms. The number of hydrogen-bond donors (Lipinski definition) is 0. The van der Waals surface area contributed by atoms with E-state index in [1.807, 2.05) is 0 Å². The van der Waals surface area contributed by atoms with Crippen LogP contribution in [0.4, 0.5) is 0 Å². The first kappa shape index (κ1) is 12.0. The number of para-hydroxylation sites is 1. The number of rotatable bonds is 3. The van der Waals surface area contributed by atoms with Crippen molar-refractivity contribution >= 4 is 29.1 Å². The summed E-state index contributed by atoms with van der Waals surface area (Å²) in [5, 5.41) is 0.742. The van der Waals surface area contributed by atoms with Crippen LogP contribution < -0.4 is 4.74 Å². The molecule has 0 aliphatic carbocycles. The number of aromatic nitrogens is 2. The molecule has 2 rings (SSSR count). The Kier molecular flexibility index (Phi) is 3.66. The third-order valence-corrected chi connectivity index (χ3v) is 2.65. The van der Waals surface area contributed by atoms with Gasteiger partial charge >= 0.3 is 0 Å². The van der Waals surface area contributed by atoms with Crippen LogP contribution >= 0.6 is 23.2 Å². The molecule has 0 aliphatic rings. The average Bonchev–Trinajstić information content (AvgIpc) is 2.81. The van der Waals surface area contributed by atoms with Crippen LogP contribution in [0.2, 0.25) is 10.0 Å². The SMILES string of the molecule is O=C(COc1c(Cl)cccc1Cl)n1ccnc1. The molecule has 0 aliphatic heterocycles. The lowest BCUT2D eigenvalue weighted by atomic mass is 10.3. The quantitative estimate of drug-likeness (QED) is 0.862. The lowest BCUT2D eigenvalue weighted by Crippen LogP contribution is -2.17. The largest absolute Gasteiger partial charge is 0.481 e. The van der Waals surface area contributed by atoms with Crippen molar-refractivity contribution in [1.82, 2.24) is 9.55 Å². The lowest BCUT2D eigenvalue weighted by Gasteiger charge is -2.08. The van der Waals surface area contributed by atoms with Crippen LogP contribution in [0.3, 0.4) is 0 Å². The summed E-state index contributed by atoms with van der Waals surface area (Å²) in [6.07, 6.45) is 4.46. The van der Waals surface area contributed by atoms with E-state index in [4.69, 9.17) is 27.9 Å². The maximum Gasteiger partial charge on any atom is 0.269 e. The van der Waals surface area contributed by atoms with E-state index >= 15 is 0 Å². The van der Waals surface area contributed by atoms with E-state index in [0.717, 1.165) is 0 Å². The third kappa shape index (κ3) is 2.78. The van der Waals surface area contributed by atoms with Gasteiger partial charge in [-0.05, 0) is 12.1 Å². The number of halogens is 2. The molecule has 1 heterocycles. The predicted molar refractivity (Wildman–Crippen MR) is 64.8 cm³/mol. The Bertz CT molecular complexity index is 506. The fourth-order valence-electron chi connectivity index (χ4n) is 1.24. The van der Waals surface area contributed by atoms with E-state index in [2.05, 4.69) is 4.98 Å². The normalized spacial score (nSPS) is 10.2. The second-order valence-electron chi connectivity index (χ2n) is 3.20. The number of nitrogens with zero attached hydrogens (tertiary/aromatic N) is 2. The maximum absolute atomic E-state index is 11.6. The minimum absolute atomic E-state index is 0.153. The Hall–Kier alpha value is -1.52. The Balaban J connectivity index is 2.06. The molecular formula is C11H8Cl2N2O2. The summed E-state index contributed by atoms with van der Waals surface area (Å²) < 4.78 is 6.62. The van der Waals surface area contributed by atoms with Crippen molar-refractivity contribution < 1.29 is 9.53 Å². The molecule has 0 N–H and O–H groups in total. The highest BCUT2D eigenvalue weighted by Crippen LogP contribution is 2.32. The molecule has 0 radical (unpaired) electrons. The summed E-state index contributed by atoms with van der Waals surface area (Å²) >= 11 is 11.8. The van der Waals surface area contributed by atoms with Crippen LogP contribution in [0, 0.1) is 0 Å². The van der Waals surface area contributed by atoms with Gasteiger partial charge in [-0.1, -0.05) is 29.3 Å². The molecular weight excluding hydrogens is 263 g/mol. The highest BCUT2D eigenvalue weighted by atomic mass is 35.5. The van der Waals surface area contributed by atoms with E-state index in [1.165, 1.54) is 17.1 Å². The molecule has 0 amide bonds. The summed E-state index contributed by atoms with van der Waals surface area (Å²) in [4.78, 5) is 15.4. The molecule has 0 fully saturated rings. The van der Waals surface area contributed by atoms with Crippen LogP contribution in [-0.4, -0.2) is 22.1 Å². The van der Waals surface area contributed by atoms with Gasteiger partial charge in [0.2, 0.25) is 0 Å². The zero-order valence-corrected chi connectivity index (χ0v) is 10.1. The molecule has 2 aromatic rings. The molecule has 88 valence electrons. The van der Waals surface area contributed by atoms with Gasteiger partial charge in [0.1, 0.15) is 6.33 Å². The molecule has 1 aromatic heterocycles. The van der Waals surface area contributed by atoms with Crippen molar-refractivity contribution in [2.24, 2.45) is 0 Å². The molecule has 6 heteroatoms. The molecule has 1 aromatic carbocycles. The monoisotopic (exact) mass is 270 g/mol. The number of benzene rings is 1. The van der Waals surface area contributed by atoms with E-state index in [1.54, 1.807) is 24.4 Å². The molecule has 4 nitrogen and oxygen atoms in total. The highest BCUT2D eigenvalue weighted by molar-refractivity contribution is 6.37. The zero-order chi connectivity index (χ0) is 12.3. The van der Waals surface area contributed by atoms with Gasteiger partial charge in [0.25, 0.3) is 5.91 Å². The lowest BCUT2D eigenvalue weighted by molar-refractivity contribution is 0.0837. The number of ether oxygens (including phenoxy) is 1. The van der Waals surface area contributed by atoms with Crippen LogP contribution in [0.1, 0.15) is 4.79 Å². The van der Waals surface area contributed by atoms with Crippen molar-refractivity contribution in [3.63, 3.8) is 0 Å². The Morgan fingerprint density at radius 3 is 2.65 bits per heavy atom. The summed E-state index contributed by atoms with van der Waals surface area (Å²) in [5.41, 5.74) is 0. The Morgan fingerprint density at radius 2 is 2.06 bits per heavy atom. The molecule has 0 spiro atoms. The van der Waals surface area contributed by atoms with E-state index in [9.17, 15) is 4.79 Å². The van der Waals surface area contributed by atoms with Crippen LogP contribution in [0.25, 0.3) is 0 Å². The van der Waals surface area contributed by atoms with Gasteiger partial charge in [0, 0.05) is 12.4 Å². The van der Waals surface area contributed by atoms with Crippen LogP contribution in [-0.2, 0) is 0 Å². The van der Waals surface area contributed by atoms with Gasteiger partial charge in [0.05, 0.1) is 10.0 Å². The molecule has 0 saturated heterocycles. The maximum atomic E-state index is 11.6. The predicted octanol–water partition coefficient (Wildman–Crippen LogP) is 2.91. The van der Waals surface area contributed by atoms with Crippen molar-refractivity contribution in [3.05, 3.63) is 47.0 Å². The van der Waals surface area contributed by atoms with Gasteiger partial charge in [-0.2, -0.15) is 0 Å². The van der Waals surface area contributed by atoms with Gasteiger partial charge < -0.3 is 4.74 Å². The smallest absolute Gasteiger partial charge is 0.269 e. The topological polar surface area (TPSA) is 44.1 Å². The Labute approximate surface area is 108 Å². The summed E-state index contributed by atoms with van der Waals surface area (Å²) in [5.74, 6) is 0.0581. The molecule has 0 unspecified atom stereocenters. The number of hydrogen-bond acceptors (Lipinski definition) is 3. The van der Waals surface area contributed by atoms with Gasteiger partial charge in [-0.3, -0.25) is 9.36 Å². The van der Waals surface area contributed by atoms with Crippen molar-refractivity contribution in [2.75, 3.05) is 6.61 Å². The van der Waals surface area contributed by atoms with E-state index in [0.29, 0.717) is 15.8 Å². The number of imidazole rings is 1. The van der Waals surface area contributed by atoms with Gasteiger partial charge in [-0.25, -0.2) is 4.98 Å². The zero-order valence-electron chi connectivity index (χ0n) is 8.64. The average molecular weight is 271 g/mol. The van der Waals surface area contributed by atoms with Crippen LogP contribution in [0.5, 0.6) is 5.75 Å². The summed E-state index contributed by atoms with van der Waals surface area (Å²) in [6, 6.07) is 4.99. The van der Waals surface area contributed by atoms with Crippen molar-refractivity contribution in [2.45, 2.75) is 0 Å². The Morgan fingerprint density at radius 1 is 1.35 bits per heavy atom. The molecule has 0 atom stereocenters. The first-order valence-electron chi connectivity index (χ1n) is 4.76. The van der Waals surface area contributed by atoms with E-state index in [-0.39, 0.29) is 12.5 Å². The van der Waals surface area contributed by atoms with Crippen LogP contribution in [0.15, 0.2) is 36.9 Å². The van der Waals surface area contributed by atoms with Gasteiger partial charge in [-0.15, -0.1) is 0 Å².